The van der Waals surface area contributed by atoms with Gasteiger partial charge in [0.25, 0.3) is 5.91 Å². The van der Waals surface area contributed by atoms with Gasteiger partial charge in [0.15, 0.2) is 5.69 Å². The zero-order chi connectivity index (χ0) is 17.1. The number of amides is 1. The van der Waals surface area contributed by atoms with Crippen molar-refractivity contribution in [2.24, 2.45) is 0 Å². The molecule has 6 nitrogen and oxygen atoms in total. The molecule has 3 N–H and O–H groups in total. The smallest absolute Gasteiger partial charge is 0.272 e. The predicted molar refractivity (Wildman–Crippen MR) is 96.6 cm³/mol. The fraction of sp³-hybridized carbons (Fsp3) is 0.421. The minimum atomic E-state index is -0.0657. The van der Waals surface area contributed by atoms with Crippen molar-refractivity contribution < 1.29 is 4.79 Å². The Morgan fingerprint density at radius 3 is 2.96 bits per heavy atom. The first-order valence-electron chi connectivity index (χ1n) is 9.09. The molecule has 130 valence electrons. The normalized spacial score (nSPS) is 14.2. The minimum Gasteiger partial charge on any atom is -0.351 e. The van der Waals surface area contributed by atoms with Gasteiger partial charge in [-0.3, -0.25) is 9.89 Å². The van der Waals surface area contributed by atoms with E-state index >= 15 is 0 Å². The predicted octanol–water partition coefficient (Wildman–Crippen LogP) is 2.92. The highest BCUT2D eigenvalue weighted by molar-refractivity contribution is 5.94. The lowest BCUT2D eigenvalue weighted by Gasteiger charge is -2.04. The highest BCUT2D eigenvalue weighted by Gasteiger charge is 2.20. The molecular weight excluding hydrogens is 314 g/mol. The molecule has 0 saturated carbocycles. The molecule has 0 unspecified atom stereocenters. The number of rotatable bonds is 5. The minimum absolute atomic E-state index is 0.0657. The first-order valence-corrected chi connectivity index (χ1v) is 9.09. The average molecular weight is 337 g/mol. The second-order valence-corrected chi connectivity index (χ2v) is 6.65. The van der Waals surface area contributed by atoms with Crippen LogP contribution in [0.3, 0.4) is 0 Å². The maximum absolute atomic E-state index is 12.4. The van der Waals surface area contributed by atoms with E-state index in [0.29, 0.717) is 12.2 Å². The van der Waals surface area contributed by atoms with Crippen LogP contribution in [-0.4, -0.2) is 32.6 Å². The number of para-hydroxylation sites is 2. The van der Waals surface area contributed by atoms with Crippen molar-refractivity contribution in [1.29, 1.82) is 0 Å². The van der Waals surface area contributed by atoms with Crippen LogP contribution in [0.1, 0.15) is 53.3 Å². The first-order chi connectivity index (χ1) is 12.3. The van der Waals surface area contributed by atoms with E-state index in [1.54, 1.807) is 0 Å². The molecule has 0 saturated heterocycles. The topological polar surface area (TPSA) is 86.5 Å². The maximum Gasteiger partial charge on any atom is 0.272 e. The van der Waals surface area contributed by atoms with Gasteiger partial charge in [-0.2, -0.15) is 5.10 Å². The number of imidazole rings is 1. The fourth-order valence-corrected chi connectivity index (χ4v) is 3.51. The third-order valence-corrected chi connectivity index (χ3v) is 4.84. The summed E-state index contributed by atoms with van der Waals surface area (Å²) >= 11 is 0. The molecule has 1 aliphatic rings. The van der Waals surface area contributed by atoms with Crippen LogP contribution in [0.2, 0.25) is 0 Å². The van der Waals surface area contributed by atoms with Gasteiger partial charge in [-0.1, -0.05) is 18.6 Å². The summed E-state index contributed by atoms with van der Waals surface area (Å²) in [5, 5.41) is 10.3. The van der Waals surface area contributed by atoms with Crippen molar-refractivity contribution in [3.8, 4) is 0 Å². The number of H-pyrrole nitrogens is 2. The monoisotopic (exact) mass is 337 g/mol. The van der Waals surface area contributed by atoms with Crippen molar-refractivity contribution in [3.63, 3.8) is 0 Å². The quantitative estimate of drug-likeness (QED) is 0.494. The summed E-state index contributed by atoms with van der Waals surface area (Å²) in [6, 6.07) is 8.01. The molecule has 3 aromatic rings. The summed E-state index contributed by atoms with van der Waals surface area (Å²) in [6.45, 7) is 0.623. The van der Waals surface area contributed by atoms with E-state index in [4.69, 9.17) is 0 Å². The van der Waals surface area contributed by atoms with Gasteiger partial charge in [-0.25, -0.2) is 4.98 Å². The number of aromatic nitrogens is 4. The Kier molecular flexibility index (Phi) is 4.50. The van der Waals surface area contributed by atoms with Crippen LogP contribution < -0.4 is 5.32 Å². The Bertz CT molecular complexity index is 846. The summed E-state index contributed by atoms with van der Waals surface area (Å²) in [4.78, 5) is 20.3. The zero-order valence-corrected chi connectivity index (χ0v) is 14.3. The Morgan fingerprint density at radius 1 is 1.16 bits per heavy atom. The molecule has 0 bridgehead atoms. The molecule has 1 aliphatic carbocycles. The summed E-state index contributed by atoms with van der Waals surface area (Å²) in [5.74, 6) is 0.896. The van der Waals surface area contributed by atoms with E-state index in [0.717, 1.165) is 60.2 Å². The maximum atomic E-state index is 12.4. The lowest BCUT2D eigenvalue weighted by molar-refractivity contribution is 0.0947. The molecule has 2 heterocycles. The van der Waals surface area contributed by atoms with E-state index in [1.807, 2.05) is 24.3 Å². The van der Waals surface area contributed by atoms with E-state index < -0.39 is 0 Å². The molecule has 0 atom stereocenters. The Balaban J connectivity index is 1.31. The molecule has 4 rings (SSSR count). The van der Waals surface area contributed by atoms with E-state index in [9.17, 15) is 4.79 Å². The van der Waals surface area contributed by atoms with Gasteiger partial charge in [0.05, 0.1) is 11.0 Å². The lowest BCUT2D eigenvalue weighted by Crippen LogP contribution is -2.26. The molecule has 1 aromatic carbocycles. The largest absolute Gasteiger partial charge is 0.351 e. The van der Waals surface area contributed by atoms with Crippen LogP contribution in [0.5, 0.6) is 0 Å². The molecule has 0 fully saturated rings. The van der Waals surface area contributed by atoms with Crippen LogP contribution in [0.25, 0.3) is 11.0 Å². The van der Waals surface area contributed by atoms with Crippen molar-refractivity contribution in [2.45, 2.75) is 44.9 Å². The number of benzene rings is 1. The van der Waals surface area contributed by atoms with Crippen molar-refractivity contribution in [2.75, 3.05) is 6.54 Å². The second kappa shape index (κ2) is 7.09. The summed E-state index contributed by atoms with van der Waals surface area (Å²) in [5.41, 5.74) is 4.89. The van der Waals surface area contributed by atoms with Crippen LogP contribution in [0.15, 0.2) is 24.3 Å². The number of carbonyl (C=O) groups excluding carboxylic acids is 1. The van der Waals surface area contributed by atoms with Crippen molar-refractivity contribution in [3.05, 3.63) is 47.0 Å². The zero-order valence-electron chi connectivity index (χ0n) is 14.3. The van der Waals surface area contributed by atoms with E-state index in [2.05, 4.69) is 25.5 Å². The number of fused-ring (bicyclic) bond motifs is 2. The van der Waals surface area contributed by atoms with Gasteiger partial charge in [0.2, 0.25) is 0 Å². The standard InChI is InChI=1S/C19H23N5O/c25-19(18-13-7-2-1-3-8-14(13)23-24-18)20-12-6-11-17-21-15-9-4-5-10-16(15)22-17/h4-5,9-10H,1-3,6-8,11-12H2,(H,20,25)(H,21,22)(H,23,24). The SMILES string of the molecule is O=C(NCCCc1nc2ccccc2[nH]1)c1n[nH]c2c1CCCCC2. The molecular formula is C19H23N5O. The fourth-order valence-electron chi connectivity index (χ4n) is 3.51. The van der Waals surface area contributed by atoms with E-state index in [-0.39, 0.29) is 5.91 Å². The van der Waals surface area contributed by atoms with Gasteiger partial charge >= 0.3 is 0 Å². The van der Waals surface area contributed by atoms with Gasteiger partial charge in [-0.05, 0) is 44.2 Å². The molecule has 6 heteroatoms. The van der Waals surface area contributed by atoms with Crippen LogP contribution >= 0.6 is 0 Å². The number of nitrogens with zero attached hydrogens (tertiary/aromatic N) is 2. The number of hydrogen-bond acceptors (Lipinski definition) is 3. The first kappa shape index (κ1) is 15.9. The average Bonchev–Trinajstić information content (AvgIpc) is 3.15. The number of nitrogens with one attached hydrogen (secondary N) is 3. The van der Waals surface area contributed by atoms with Crippen LogP contribution in [0, 0.1) is 0 Å². The Morgan fingerprint density at radius 2 is 2.04 bits per heavy atom. The molecule has 0 spiro atoms. The Labute approximate surface area is 146 Å². The summed E-state index contributed by atoms with van der Waals surface area (Å²) in [7, 11) is 0. The van der Waals surface area contributed by atoms with Crippen molar-refractivity contribution in [1.82, 2.24) is 25.5 Å². The van der Waals surface area contributed by atoms with Gasteiger partial charge in [0, 0.05) is 24.2 Å². The second-order valence-electron chi connectivity index (χ2n) is 6.65. The molecule has 1 amide bonds. The molecule has 25 heavy (non-hydrogen) atoms. The van der Waals surface area contributed by atoms with E-state index in [1.165, 1.54) is 12.8 Å². The molecule has 0 aliphatic heterocycles. The third-order valence-electron chi connectivity index (χ3n) is 4.84. The van der Waals surface area contributed by atoms with Gasteiger partial charge in [-0.15, -0.1) is 0 Å². The number of carbonyl (C=O) groups is 1. The highest BCUT2D eigenvalue weighted by Crippen LogP contribution is 2.21. The summed E-state index contributed by atoms with van der Waals surface area (Å²) in [6.07, 6.45) is 7.15. The number of aromatic amines is 2. The molecule has 0 radical (unpaired) electrons. The lowest BCUT2D eigenvalue weighted by atomic mass is 10.1. The number of aryl methyl sites for hydroxylation is 2. The summed E-state index contributed by atoms with van der Waals surface area (Å²) < 4.78 is 0. The molecule has 2 aromatic heterocycles. The Hall–Kier alpha value is -2.63. The van der Waals surface area contributed by atoms with Gasteiger partial charge in [0.1, 0.15) is 5.82 Å². The third kappa shape index (κ3) is 3.43. The van der Waals surface area contributed by atoms with Crippen molar-refractivity contribution >= 4 is 16.9 Å². The number of hydrogen-bond donors (Lipinski definition) is 3. The van der Waals surface area contributed by atoms with Crippen LogP contribution in [0.4, 0.5) is 0 Å². The highest BCUT2D eigenvalue weighted by atomic mass is 16.1. The van der Waals surface area contributed by atoms with Gasteiger partial charge < -0.3 is 10.3 Å². The van der Waals surface area contributed by atoms with Crippen LogP contribution in [-0.2, 0) is 19.3 Å².